The molecular formula is C18H31ClN4O4S. The van der Waals surface area contributed by atoms with Crippen molar-refractivity contribution in [1.82, 2.24) is 4.31 Å². The number of amides is 1. The van der Waals surface area contributed by atoms with E-state index in [0.29, 0.717) is 57.1 Å². The van der Waals surface area contributed by atoms with Crippen molar-refractivity contribution in [2.45, 2.75) is 37.5 Å². The zero-order valence-electron chi connectivity index (χ0n) is 16.3. The minimum atomic E-state index is -3.62. The molecule has 0 aliphatic carbocycles. The minimum absolute atomic E-state index is 0. The van der Waals surface area contributed by atoms with Crippen LogP contribution in [-0.2, 0) is 19.6 Å². The number of morpholine rings is 1. The van der Waals surface area contributed by atoms with Gasteiger partial charge in [-0.15, -0.1) is 12.4 Å². The third-order valence-electron chi connectivity index (χ3n) is 4.33. The average molecular weight is 435 g/mol. The van der Waals surface area contributed by atoms with Crippen LogP contribution in [0.3, 0.4) is 0 Å². The third-order valence-corrected chi connectivity index (χ3v) is 6.22. The first-order chi connectivity index (χ1) is 13.0. The summed E-state index contributed by atoms with van der Waals surface area (Å²) in [6.45, 7) is 4.71. The SMILES string of the molecule is CCCCNc1ccc(S(=O)(=O)N2CCOCC2)cc1NC(=O)CCCN.Cl. The number of unbranched alkanes of at least 4 members (excludes halogenated alkanes) is 1. The van der Waals surface area contributed by atoms with Gasteiger partial charge in [-0.3, -0.25) is 4.79 Å². The average Bonchev–Trinajstić information content (AvgIpc) is 2.68. The van der Waals surface area contributed by atoms with Crippen molar-refractivity contribution in [3.63, 3.8) is 0 Å². The number of nitrogens with zero attached hydrogens (tertiary/aromatic N) is 1. The zero-order chi connectivity index (χ0) is 19.7. The van der Waals surface area contributed by atoms with Gasteiger partial charge in [0.1, 0.15) is 0 Å². The molecule has 8 nitrogen and oxygen atoms in total. The number of nitrogens with two attached hydrogens (primary N) is 1. The second-order valence-electron chi connectivity index (χ2n) is 6.44. The summed E-state index contributed by atoms with van der Waals surface area (Å²) in [6, 6.07) is 4.82. The summed E-state index contributed by atoms with van der Waals surface area (Å²) in [4.78, 5) is 12.3. The van der Waals surface area contributed by atoms with Gasteiger partial charge in [0.05, 0.1) is 29.5 Å². The quantitative estimate of drug-likeness (QED) is 0.485. The number of carbonyl (C=O) groups excluding carboxylic acids is 1. The summed E-state index contributed by atoms with van der Waals surface area (Å²) in [5.41, 5.74) is 6.65. The summed E-state index contributed by atoms with van der Waals surface area (Å²) in [5.74, 6) is -0.181. The topological polar surface area (TPSA) is 114 Å². The fraction of sp³-hybridized carbons (Fsp3) is 0.611. The Morgan fingerprint density at radius 3 is 2.57 bits per heavy atom. The van der Waals surface area contributed by atoms with Crippen LogP contribution in [0.15, 0.2) is 23.1 Å². The second-order valence-corrected chi connectivity index (χ2v) is 8.38. The number of halogens is 1. The number of carbonyl (C=O) groups is 1. The Balaban J connectivity index is 0.00000392. The number of benzene rings is 1. The van der Waals surface area contributed by atoms with E-state index in [-0.39, 0.29) is 23.2 Å². The first-order valence-electron chi connectivity index (χ1n) is 9.44. The Morgan fingerprint density at radius 2 is 1.93 bits per heavy atom. The summed E-state index contributed by atoms with van der Waals surface area (Å²) in [5, 5.41) is 6.09. The van der Waals surface area contributed by atoms with E-state index in [2.05, 4.69) is 17.6 Å². The molecule has 1 heterocycles. The lowest BCUT2D eigenvalue weighted by molar-refractivity contribution is -0.116. The highest BCUT2D eigenvalue weighted by Crippen LogP contribution is 2.28. The predicted molar refractivity (Wildman–Crippen MR) is 114 cm³/mol. The Morgan fingerprint density at radius 1 is 1.21 bits per heavy atom. The molecule has 1 aliphatic heterocycles. The van der Waals surface area contributed by atoms with Gasteiger partial charge in [-0.2, -0.15) is 4.31 Å². The lowest BCUT2D eigenvalue weighted by Crippen LogP contribution is -2.40. The number of sulfonamides is 1. The molecule has 1 aliphatic rings. The zero-order valence-corrected chi connectivity index (χ0v) is 17.9. The maximum atomic E-state index is 12.9. The molecule has 0 aromatic heterocycles. The predicted octanol–water partition coefficient (Wildman–Crippen LogP) is 2.02. The van der Waals surface area contributed by atoms with Crippen LogP contribution in [0.1, 0.15) is 32.6 Å². The van der Waals surface area contributed by atoms with Crippen LogP contribution in [0.2, 0.25) is 0 Å². The van der Waals surface area contributed by atoms with Gasteiger partial charge in [-0.1, -0.05) is 13.3 Å². The van der Waals surface area contributed by atoms with Crippen molar-refractivity contribution in [3.8, 4) is 0 Å². The van der Waals surface area contributed by atoms with Crippen LogP contribution < -0.4 is 16.4 Å². The van der Waals surface area contributed by atoms with E-state index in [1.165, 1.54) is 10.4 Å². The highest BCUT2D eigenvalue weighted by atomic mass is 35.5. The molecule has 1 aromatic rings. The van der Waals surface area contributed by atoms with Crippen LogP contribution in [-0.4, -0.2) is 58.0 Å². The van der Waals surface area contributed by atoms with Crippen LogP contribution in [0.5, 0.6) is 0 Å². The van der Waals surface area contributed by atoms with Crippen LogP contribution >= 0.6 is 12.4 Å². The summed E-state index contributed by atoms with van der Waals surface area (Å²) < 4.78 is 32.4. The normalized spacial score (nSPS) is 14.9. The molecule has 0 radical (unpaired) electrons. The molecule has 0 unspecified atom stereocenters. The number of ether oxygens (including phenoxy) is 1. The minimum Gasteiger partial charge on any atom is -0.383 e. The molecule has 0 saturated carbocycles. The van der Waals surface area contributed by atoms with E-state index in [0.717, 1.165) is 19.4 Å². The third kappa shape index (κ3) is 6.89. The molecule has 2 rings (SSSR count). The van der Waals surface area contributed by atoms with E-state index in [1.807, 2.05) is 0 Å². The van der Waals surface area contributed by atoms with Crippen molar-refractivity contribution < 1.29 is 17.9 Å². The fourth-order valence-electron chi connectivity index (χ4n) is 2.75. The number of hydrogen-bond donors (Lipinski definition) is 3. The highest BCUT2D eigenvalue weighted by molar-refractivity contribution is 7.89. The van der Waals surface area contributed by atoms with Gasteiger partial charge in [0.15, 0.2) is 0 Å². The standard InChI is InChI=1S/C18H30N4O4S.ClH/c1-2-3-9-20-16-7-6-15(14-17(16)21-18(23)5-4-8-19)27(24,25)22-10-12-26-13-11-22;/h6-7,14,20H,2-5,8-13,19H2,1H3,(H,21,23);1H. The van der Waals surface area contributed by atoms with Crippen molar-refractivity contribution in [1.29, 1.82) is 0 Å². The Labute approximate surface area is 173 Å². The van der Waals surface area contributed by atoms with Crippen LogP contribution in [0.4, 0.5) is 11.4 Å². The fourth-order valence-corrected chi connectivity index (χ4v) is 4.19. The molecule has 10 heteroatoms. The molecule has 1 saturated heterocycles. The first-order valence-corrected chi connectivity index (χ1v) is 10.9. The van der Waals surface area contributed by atoms with E-state index in [1.54, 1.807) is 12.1 Å². The van der Waals surface area contributed by atoms with Crippen LogP contribution in [0.25, 0.3) is 0 Å². The summed E-state index contributed by atoms with van der Waals surface area (Å²) in [6.07, 6.45) is 2.89. The number of hydrogen-bond acceptors (Lipinski definition) is 6. The van der Waals surface area contributed by atoms with Gasteiger partial charge >= 0.3 is 0 Å². The van der Waals surface area contributed by atoms with Crippen LogP contribution in [0, 0.1) is 0 Å². The highest BCUT2D eigenvalue weighted by Gasteiger charge is 2.27. The van der Waals surface area contributed by atoms with Gasteiger partial charge in [0.25, 0.3) is 0 Å². The lowest BCUT2D eigenvalue weighted by Gasteiger charge is -2.26. The maximum Gasteiger partial charge on any atom is 0.243 e. The molecule has 28 heavy (non-hydrogen) atoms. The van der Waals surface area contributed by atoms with E-state index in [9.17, 15) is 13.2 Å². The van der Waals surface area contributed by atoms with E-state index >= 15 is 0 Å². The molecule has 4 N–H and O–H groups in total. The molecular weight excluding hydrogens is 404 g/mol. The summed E-state index contributed by atoms with van der Waals surface area (Å²) in [7, 11) is -3.62. The molecule has 0 spiro atoms. The number of anilines is 2. The molecule has 160 valence electrons. The molecule has 0 bridgehead atoms. The van der Waals surface area contributed by atoms with Gasteiger partial charge in [0.2, 0.25) is 15.9 Å². The van der Waals surface area contributed by atoms with E-state index in [4.69, 9.17) is 10.5 Å². The Bertz CT molecular complexity index is 724. The maximum absolute atomic E-state index is 12.9. The molecule has 0 atom stereocenters. The molecule has 1 aromatic carbocycles. The summed E-state index contributed by atoms with van der Waals surface area (Å²) >= 11 is 0. The van der Waals surface area contributed by atoms with Gasteiger partial charge < -0.3 is 21.1 Å². The van der Waals surface area contributed by atoms with Crippen molar-refractivity contribution >= 4 is 39.7 Å². The van der Waals surface area contributed by atoms with E-state index < -0.39 is 10.0 Å². The monoisotopic (exact) mass is 434 g/mol. The second kappa shape index (κ2) is 12.2. The van der Waals surface area contributed by atoms with Gasteiger partial charge in [0, 0.05) is 26.1 Å². The molecule has 1 fully saturated rings. The van der Waals surface area contributed by atoms with Gasteiger partial charge in [-0.05, 0) is 37.6 Å². The molecule has 1 amide bonds. The lowest BCUT2D eigenvalue weighted by atomic mass is 10.2. The van der Waals surface area contributed by atoms with Crippen molar-refractivity contribution in [3.05, 3.63) is 18.2 Å². The van der Waals surface area contributed by atoms with Crippen molar-refractivity contribution in [2.75, 3.05) is 50.0 Å². The smallest absolute Gasteiger partial charge is 0.243 e. The van der Waals surface area contributed by atoms with Gasteiger partial charge in [-0.25, -0.2) is 8.42 Å². The first kappa shape index (κ1) is 24.6. The van der Waals surface area contributed by atoms with Crippen molar-refractivity contribution in [2.24, 2.45) is 5.73 Å². The number of rotatable bonds is 10. The largest absolute Gasteiger partial charge is 0.383 e. The Kier molecular flexibility index (Phi) is 10.8. The number of nitrogens with one attached hydrogen (secondary N) is 2. The Hall–Kier alpha value is -1.39.